The molecule has 0 atom stereocenters. The number of hydrogen-bond donors (Lipinski definition) is 1. The Morgan fingerprint density at radius 2 is 1.88 bits per heavy atom. The lowest BCUT2D eigenvalue weighted by atomic mass is 9.71. The van der Waals surface area contributed by atoms with Gasteiger partial charge < -0.3 is 5.32 Å². The fourth-order valence-corrected chi connectivity index (χ4v) is 2.48. The molecule has 0 heterocycles. The third-order valence-electron chi connectivity index (χ3n) is 3.49. The van der Waals surface area contributed by atoms with Gasteiger partial charge in [-0.25, -0.2) is 0 Å². The molecule has 1 saturated carbocycles. The SMILES string of the molecule is CC(C)CNCC1CC(c2ccccc2)C1. The van der Waals surface area contributed by atoms with Crippen LogP contribution in [0.5, 0.6) is 0 Å². The lowest BCUT2D eigenvalue weighted by Gasteiger charge is -2.36. The highest BCUT2D eigenvalue weighted by molar-refractivity contribution is 5.21. The topological polar surface area (TPSA) is 12.0 Å². The first-order valence-electron chi connectivity index (χ1n) is 6.51. The lowest BCUT2D eigenvalue weighted by molar-refractivity contribution is 0.252. The minimum absolute atomic E-state index is 0.769. The van der Waals surface area contributed by atoms with E-state index in [2.05, 4.69) is 49.5 Å². The molecule has 1 N–H and O–H groups in total. The number of hydrogen-bond acceptors (Lipinski definition) is 1. The van der Waals surface area contributed by atoms with E-state index < -0.39 is 0 Å². The van der Waals surface area contributed by atoms with E-state index in [4.69, 9.17) is 0 Å². The molecule has 16 heavy (non-hydrogen) atoms. The zero-order chi connectivity index (χ0) is 11.4. The van der Waals surface area contributed by atoms with E-state index in [1.54, 1.807) is 0 Å². The van der Waals surface area contributed by atoms with Gasteiger partial charge in [0.2, 0.25) is 0 Å². The summed E-state index contributed by atoms with van der Waals surface area (Å²) in [6.45, 7) is 6.90. The van der Waals surface area contributed by atoms with E-state index in [1.807, 2.05) is 0 Å². The number of rotatable bonds is 5. The van der Waals surface area contributed by atoms with E-state index in [0.717, 1.165) is 24.3 Å². The molecule has 2 rings (SSSR count). The van der Waals surface area contributed by atoms with Crippen LogP contribution in [0.3, 0.4) is 0 Å². The maximum atomic E-state index is 3.56. The van der Waals surface area contributed by atoms with Crippen molar-refractivity contribution in [2.45, 2.75) is 32.6 Å². The molecule has 1 aliphatic carbocycles. The highest BCUT2D eigenvalue weighted by Crippen LogP contribution is 2.40. The monoisotopic (exact) mass is 217 g/mol. The maximum Gasteiger partial charge on any atom is -0.00200 e. The summed E-state index contributed by atoms with van der Waals surface area (Å²) in [5.41, 5.74) is 1.53. The molecule has 88 valence electrons. The molecule has 0 amide bonds. The Labute approximate surface area is 99.3 Å². The Kier molecular flexibility index (Phi) is 4.00. The Bertz CT molecular complexity index is 298. The van der Waals surface area contributed by atoms with Crippen LogP contribution >= 0.6 is 0 Å². The van der Waals surface area contributed by atoms with Crippen LogP contribution < -0.4 is 5.32 Å². The van der Waals surface area contributed by atoms with Gasteiger partial charge in [0.25, 0.3) is 0 Å². The maximum absolute atomic E-state index is 3.56. The van der Waals surface area contributed by atoms with Gasteiger partial charge in [-0.15, -0.1) is 0 Å². The van der Waals surface area contributed by atoms with Crippen molar-refractivity contribution in [3.63, 3.8) is 0 Å². The standard InChI is InChI=1S/C15H23N/c1-12(2)10-16-11-13-8-15(9-13)14-6-4-3-5-7-14/h3-7,12-13,15-16H,8-11H2,1-2H3. The Morgan fingerprint density at radius 3 is 2.50 bits per heavy atom. The zero-order valence-corrected chi connectivity index (χ0v) is 10.4. The van der Waals surface area contributed by atoms with Crippen LogP contribution in [0.2, 0.25) is 0 Å². The van der Waals surface area contributed by atoms with Gasteiger partial charge in [-0.3, -0.25) is 0 Å². The van der Waals surface area contributed by atoms with Crippen molar-refractivity contribution < 1.29 is 0 Å². The van der Waals surface area contributed by atoms with E-state index >= 15 is 0 Å². The van der Waals surface area contributed by atoms with Crippen LogP contribution in [0.1, 0.15) is 38.2 Å². The van der Waals surface area contributed by atoms with Crippen molar-refractivity contribution in [2.24, 2.45) is 11.8 Å². The molecule has 0 bridgehead atoms. The first-order chi connectivity index (χ1) is 7.75. The molecule has 1 fully saturated rings. The van der Waals surface area contributed by atoms with Gasteiger partial charge in [-0.1, -0.05) is 44.2 Å². The lowest BCUT2D eigenvalue weighted by Crippen LogP contribution is -2.33. The second-order valence-corrected chi connectivity index (χ2v) is 5.50. The van der Waals surface area contributed by atoms with Crippen molar-refractivity contribution in [2.75, 3.05) is 13.1 Å². The van der Waals surface area contributed by atoms with Crippen LogP contribution in [0.15, 0.2) is 30.3 Å². The van der Waals surface area contributed by atoms with Crippen LogP contribution in [-0.2, 0) is 0 Å². The smallest absolute Gasteiger partial charge is 0.00200 e. The summed E-state index contributed by atoms with van der Waals surface area (Å²) in [4.78, 5) is 0. The van der Waals surface area contributed by atoms with Crippen LogP contribution in [0.25, 0.3) is 0 Å². The van der Waals surface area contributed by atoms with Gasteiger partial charge in [-0.2, -0.15) is 0 Å². The van der Waals surface area contributed by atoms with Gasteiger partial charge >= 0.3 is 0 Å². The first-order valence-corrected chi connectivity index (χ1v) is 6.51. The van der Waals surface area contributed by atoms with Crippen molar-refractivity contribution in [3.05, 3.63) is 35.9 Å². The molecular weight excluding hydrogens is 194 g/mol. The Morgan fingerprint density at radius 1 is 1.19 bits per heavy atom. The summed E-state index contributed by atoms with van der Waals surface area (Å²) in [5.74, 6) is 2.50. The summed E-state index contributed by atoms with van der Waals surface area (Å²) in [7, 11) is 0. The summed E-state index contributed by atoms with van der Waals surface area (Å²) in [5, 5.41) is 3.56. The van der Waals surface area contributed by atoms with Crippen LogP contribution in [-0.4, -0.2) is 13.1 Å². The molecule has 1 aliphatic rings. The quantitative estimate of drug-likeness (QED) is 0.797. The minimum Gasteiger partial charge on any atom is -0.316 e. The fourth-order valence-electron chi connectivity index (χ4n) is 2.48. The van der Waals surface area contributed by atoms with Gasteiger partial charge in [0, 0.05) is 0 Å². The van der Waals surface area contributed by atoms with E-state index in [1.165, 1.54) is 24.9 Å². The van der Waals surface area contributed by atoms with Crippen LogP contribution in [0, 0.1) is 11.8 Å². The van der Waals surface area contributed by atoms with Gasteiger partial charge in [0.1, 0.15) is 0 Å². The van der Waals surface area contributed by atoms with Crippen molar-refractivity contribution in [3.8, 4) is 0 Å². The summed E-state index contributed by atoms with van der Waals surface area (Å²) >= 11 is 0. The third-order valence-corrected chi connectivity index (χ3v) is 3.49. The second-order valence-electron chi connectivity index (χ2n) is 5.50. The predicted molar refractivity (Wildman–Crippen MR) is 69.6 cm³/mol. The molecule has 1 aromatic carbocycles. The van der Waals surface area contributed by atoms with E-state index in [0.29, 0.717) is 0 Å². The normalized spacial score (nSPS) is 24.4. The van der Waals surface area contributed by atoms with Gasteiger partial charge in [0.05, 0.1) is 0 Å². The Hall–Kier alpha value is -0.820. The first kappa shape index (κ1) is 11.7. The van der Waals surface area contributed by atoms with E-state index in [9.17, 15) is 0 Å². The van der Waals surface area contributed by atoms with Crippen LogP contribution in [0.4, 0.5) is 0 Å². The summed E-state index contributed by atoms with van der Waals surface area (Å²) < 4.78 is 0. The number of benzene rings is 1. The molecule has 0 saturated heterocycles. The van der Waals surface area contributed by atoms with Crippen molar-refractivity contribution in [1.29, 1.82) is 0 Å². The summed E-state index contributed by atoms with van der Waals surface area (Å²) in [6.07, 6.45) is 2.74. The highest BCUT2D eigenvalue weighted by atomic mass is 14.9. The average Bonchev–Trinajstić information content (AvgIpc) is 2.22. The number of nitrogens with one attached hydrogen (secondary N) is 1. The zero-order valence-electron chi connectivity index (χ0n) is 10.4. The molecule has 1 nitrogen and oxygen atoms in total. The molecular formula is C15H23N. The Balaban J connectivity index is 1.66. The molecule has 0 spiro atoms. The van der Waals surface area contributed by atoms with Gasteiger partial charge in [0.15, 0.2) is 0 Å². The van der Waals surface area contributed by atoms with Crippen molar-refractivity contribution in [1.82, 2.24) is 5.32 Å². The molecule has 0 radical (unpaired) electrons. The average molecular weight is 217 g/mol. The van der Waals surface area contributed by atoms with Crippen molar-refractivity contribution >= 4 is 0 Å². The molecule has 1 heteroatoms. The highest BCUT2D eigenvalue weighted by Gasteiger charge is 2.29. The fraction of sp³-hybridized carbons (Fsp3) is 0.600. The molecule has 1 aromatic rings. The third kappa shape index (κ3) is 3.08. The predicted octanol–water partition coefficient (Wildman–Crippen LogP) is 3.43. The van der Waals surface area contributed by atoms with E-state index in [-0.39, 0.29) is 0 Å². The molecule has 0 aliphatic heterocycles. The molecule has 0 unspecified atom stereocenters. The summed E-state index contributed by atoms with van der Waals surface area (Å²) in [6, 6.07) is 10.9. The minimum atomic E-state index is 0.769. The largest absolute Gasteiger partial charge is 0.316 e. The second kappa shape index (κ2) is 5.49. The van der Waals surface area contributed by atoms with Gasteiger partial charge in [-0.05, 0) is 49.2 Å². The molecule has 0 aromatic heterocycles.